The standard InChI is InChI=1S/C11H16N2O2/c1-15-11-6-9(12-7-13-11)5-10(14)8-3-2-4-8/h6-8,10,14H,2-5H2,1H3. The number of methoxy groups -OCH3 is 1. The van der Waals surface area contributed by atoms with Gasteiger partial charge < -0.3 is 9.84 Å². The summed E-state index contributed by atoms with van der Waals surface area (Å²) in [6.45, 7) is 0. The largest absolute Gasteiger partial charge is 0.481 e. The second kappa shape index (κ2) is 4.57. The molecule has 1 aromatic heterocycles. The van der Waals surface area contributed by atoms with Gasteiger partial charge in [0.15, 0.2) is 0 Å². The van der Waals surface area contributed by atoms with E-state index in [-0.39, 0.29) is 6.10 Å². The van der Waals surface area contributed by atoms with Crippen LogP contribution in [0.5, 0.6) is 5.88 Å². The molecule has 1 saturated carbocycles. The minimum atomic E-state index is -0.265. The third-order valence-corrected chi connectivity index (χ3v) is 3.02. The summed E-state index contributed by atoms with van der Waals surface area (Å²) in [6, 6.07) is 1.78. The molecule has 4 heteroatoms. The maximum atomic E-state index is 9.88. The van der Waals surface area contributed by atoms with Gasteiger partial charge in [-0.3, -0.25) is 0 Å². The van der Waals surface area contributed by atoms with Crippen molar-refractivity contribution in [2.45, 2.75) is 31.8 Å². The number of aliphatic hydroxyl groups is 1. The van der Waals surface area contributed by atoms with Crippen LogP contribution in [0, 0.1) is 5.92 Å². The van der Waals surface area contributed by atoms with Gasteiger partial charge in [-0.05, 0) is 18.8 Å². The van der Waals surface area contributed by atoms with E-state index in [4.69, 9.17) is 4.74 Å². The maximum Gasteiger partial charge on any atom is 0.216 e. The summed E-state index contributed by atoms with van der Waals surface area (Å²) < 4.78 is 5.00. The molecule has 0 bridgehead atoms. The zero-order valence-electron chi connectivity index (χ0n) is 8.89. The van der Waals surface area contributed by atoms with Gasteiger partial charge in [-0.25, -0.2) is 9.97 Å². The molecule has 0 amide bonds. The highest BCUT2D eigenvalue weighted by Gasteiger charge is 2.25. The van der Waals surface area contributed by atoms with E-state index in [9.17, 15) is 5.11 Å². The Morgan fingerprint density at radius 3 is 2.93 bits per heavy atom. The Balaban J connectivity index is 1.96. The number of aliphatic hydroxyl groups excluding tert-OH is 1. The van der Waals surface area contributed by atoms with Gasteiger partial charge in [0, 0.05) is 12.5 Å². The first kappa shape index (κ1) is 10.4. The number of rotatable bonds is 4. The number of hydrogen-bond acceptors (Lipinski definition) is 4. The number of hydrogen-bond donors (Lipinski definition) is 1. The summed E-state index contributed by atoms with van der Waals surface area (Å²) in [5.74, 6) is 1.02. The van der Waals surface area contributed by atoms with Crippen LogP contribution in [0.3, 0.4) is 0 Å². The van der Waals surface area contributed by atoms with Gasteiger partial charge in [-0.1, -0.05) is 6.42 Å². The summed E-state index contributed by atoms with van der Waals surface area (Å²) in [5.41, 5.74) is 0.848. The lowest BCUT2D eigenvalue weighted by Crippen LogP contribution is -2.28. The highest BCUT2D eigenvalue weighted by Crippen LogP contribution is 2.30. The molecule has 1 heterocycles. The van der Waals surface area contributed by atoms with E-state index >= 15 is 0 Å². The first-order valence-corrected chi connectivity index (χ1v) is 5.32. The van der Waals surface area contributed by atoms with E-state index in [1.807, 2.05) is 0 Å². The average molecular weight is 208 g/mol. The smallest absolute Gasteiger partial charge is 0.216 e. The lowest BCUT2D eigenvalue weighted by atomic mass is 9.80. The SMILES string of the molecule is COc1cc(CC(O)C2CCC2)ncn1. The third kappa shape index (κ3) is 2.45. The fraction of sp³-hybridized carbons (Fsp3) is 0.636. The van der Waals surface area contributed by atoms with Gasteiger partial charge >= 0.3 is 0 Å². The van der Waals surface area contributed by atoms with Gasteiger partial charge in [-0.2, -0.15) is 0 Å². The molecule has 1 N–H and O–H groups in total. The molecule has 1 aliphatic rings. The molecule has 1 fully saturated rings. The van der Waals surface area contributed by atoms with E-state index in [1.165, 1.54) is 12.7 Å². The minimum Gasteiger partial charge on any atom is -0.481 e. The fourth-order valence-corrected chi connectivity index (χ4v) is 1.81. The second-order valence-corrected chi connectivity index (χ2v) is 4.01. The predicted molar refractivity (Wildman–Crippen MR) is 55.6 cm³/mol. The molecule has 1 aromatic rings. The van der Waals surface area contributed by atoms with Gasteiger partial charge in [0.2, 0.25) is 5.88 Å². The van der Waals surface area contributed by atoms with Crippen molar-refractivity contribution in [3.8, 4) is 5.88 Å². The molecular weight excluding hydrogens is 192 g/mol. The van der Waals surface area contributed by atoms with Gasteiger partial charge in [0.25, 0.3) is 0 Å². The predicted octanol–water partition coefficient (Wildman–Crippen LogP) is 1.19. The van der Waals surface area contributed by atoms with Crippen LogP contribution in [0.2, 0.25) is 0 Å². The van der Waals surface area contributed by atoms with Crippen LogP contribution < -0.4 is 4.74 Å². The minimum absolute atomic E-state index is 0.265. The zero-order chi connectivity index (χ0) is 10.7. The van der Waals surface area contributed by atoms with Gasteiger partial charge in [0.05, 0.1) is 18.9 Å². The van der Waals surface area contributed by atoms with Crippen molar-refractivity contribution in [1.29, 1.82) is 0 Å². The molecule has 82 valence electrons. The van der Waals surface area contributed by atoms with Gasteiger partial charge in [0.1, 0.15) is 6.33 Å². The van der Waals surface area contributed by atoms with E-state index in [1.54, 1.807) is 13.2 Å². The van der Waals surface area contributed by atoms with Crippen LogP contribution in [0.1, 0.15) is 25.0 Å². The van der Waals surface area contributed by atoms with E-state index < -0.39 is 0 Å². The first-order chi connectivity index (χ1) is 7.29. The zero-order valence-corrected chi connectivity index (χ0v) is 8.89. The van der Waals surface area contributed by atoms with Crippen molar-refractivity contribution < 1.29 is 9.84 Å². The summed E-state index contributed by atoms with van der Waals surface area (Å²) in [6.07, 6.45) is 5.34. The van der Waals surface area contributed by atoms with Crippen LogP contribution in [-0.2, 0) is 6.42 Å². The molecule has 1 unspecified atom stereocenters. The van der Waals surface area contributed by atoms with Crippen LogP contribution in [0.25, 0.3) is 0 Å². The molecule has 2 rings (SSSR count). The Hall–Kier alpha value is -1.16. The quantitative estimate of drug-likeness (QED) is 0.807. The number of nitrogens with zero attached hydrogens (tertiary/aromatic N) is 2. The second-order valence-electron chi connectivity index (χ2n) is 4.01. The highest BCUT2D eigenvalue weighted by atomic mass is 16.5. The molecule has 0 radical (unpaired) electrons. The molecule has 0 aliphatic heterocycles. The van der Waals surface area contributed by atoms with Crippen LogP contribution in [0.4, 0.5) is 0 Å². The average Bonchev–Trinajstić information content (AvgIpc) is 2.15. The van der Waals surface area contributed by atoms with E-state index in [0.717, 1.165) is 18.5 Å². The van der Waals surface area contributed by atoms with Crippen molar-refractivity contribution in [3.63, 3.8) is 0 Å². The Morgan fingerprint density at radius 2 is 2.33 bits per heavy atom. The van der Waals surface area contributed by atoms with Crippen LogP contribution >= 0.6 is 0 Å². The highest BCUT2D eigenvalue weighted by molar-refractivity contribution is 5.14. The Morgan fingerprint density at radius 1 is 1.53 bits per heavy atom. The normalized spacial score (nSPS) is 18.3. The molecule has 0 aromatic carbocycles. The van der Waals surface area contributed by atoms with E-state index in [0.29, 0.717) is 18.2 Å². The Labute approximate surface area is 89.3 Å². The summed E-state index contributed by atoms with van der Waals surface area (Å²) in [4.78, 5) is 8.05. The van der Waals surface area contributed by atoms with Crippen molar-refractivity contribution in [1.82, 2.24) is 9.97 Å². The molecule has 15 heavy (non-hydrogen) atoms. The van der Waals surface area contributed by atoms with Crippen molar-refractivity contribution in [2.75, 3.05) is 7.11 Å². The lowest BCUT2D eigenvalue weighted by Gasteiger charge is -2.30. The monoisotopic (exact) mass is 208 g/mol. The molecule has 4 nitrogen and oxygen atoms in total. The maximum absolute atomic E-state index is 9.88. The topological polar surface area (TPSA) is 55.2 Å². The molecule has 1 atom stereocenters. The van der Waals surface area contributed by atoms with Crippen molar-refractivity contribution in [3.05, 3.63) is 18.1 Å². The Bertz CT molecular complexity index is 326. The van der Waals surface area contributed by atoms with Crippen LogP contribution in [-0.4, -0.2) is 28.3 Å². The number of ether oxygens (including phenoxy) is 1. The van der Waals surface area contributed by atoms with Crippen molar-refractivity contribution in [2.24, 2.45) is 5.92 Å². The van der Waals surface area contributed by atoms with Gasteiger partial charge in [-0.15, -0.1) is 0 Å². The molecular formula is C11H16N2O2. The third-order valence-electron chi connectivity index (χ3n) is 3.02. The summed E-state index contributed by atoms with van der Waals surface area (Å²) in [5, 5.41) is 9.88. The number of aromatic nitrogens is 2. The van der Waals surface area contributed by atoms with E-state index in [2.05, 4.69) is 9.97 Å². The summed E-state index contributed by atoms with van der Waals surface area (Å²) in [7, 11) is 1.58. The van der Waals surface area contributed by atoms with Crippen molar-refractivity contribution >= 4 is 0 Å². The first-order valence-electron chi connectivity index (χ1n) is 5.32. The van der Waals surface area contributed by atoms with Crippen LogP contribution in [0.15, 0.2) is 12.4 Å². The lowest BCUT2D eigenvalue weighted by molar-refractivity contribution is 0.0622. The molecule has 1 aliphatic carbocycles. The molecule has 0 saturated heterocycles. The summed E-state index contributed by atoms with van der Waals surface area (Å²) >= 11 is 0. The Kier molecular flexibility index (Phi) is 3.16. The fourth-order valence-electron chi connectivity index (χ4n) is 1.81. The molecule has 0 spiro atoms.